The molecule has 1 aliphatic rings. The van der Waals surface area contributed by atoms with Crippen LogP contribution in [0, 0.1) is 10.1 Å². The van der Waals surface area contributed by atoms with E-state index in [4.69, 9.17) is 0 Å². The van der Waals surface area contributed by atoms with E-state index in [1.807, 2.05) is 42.5 Å². The Bertz CT molecular complexity index is 934. The largest absolute Gasteiger partial charge is 0.371 e. The predicted octanol–water partition coefficient (Wildman–Crippen LogP) is 4.89. The topological polar surface area (TPSA) is 59.3 Å². The van der Waals surface area contributed by atoms with E-state index >= 15 is 0 Å². The van der Waals surface area contributed by atoms with E-state index in [2.05, 4.69) is 9.88 Å². The van der Waals surface area contributed by atoms with Gasteiger partial charge in [0.05, 0.1) is 15.3 Å². The molecule has 2 aromatic carbocycles. The maximum absolute atomic E-state index is 11.5. The first-order chi connectivity index (χ1) is 12.2. The Morgan fingerprint density at radius 1 is 1.04 bits per heavy atom. The molecule has 1 saturated heterocycles. The van der Waals surface area contributed by atoms with Crippen molar-refractivity contribution in [2.75, 3.05) is 18.0 Å². The summed E-state index contributed by atoms with van der Waals surface area (Å²) in [7, 11) is 0. The van der Waals surface area contributed by atoms with Crippen LogP contribution in [0.2, 0.25) is 0 Å². The Kier molecular flexibility index (Phi) is 4.28. The van der Waals surface area contributed by atoms with Gasteiger partial charge >= 0.3 is 0 Å². The minimum absolute atomic E-state index is 0.140. The maximum atomic E-state index is 11.5. The molecule has 0 unspecified atom stereocenters. The van der Waals surface area contributed by atoms with Gasteiger partial charge in [-0.05, 0) is 37.1 Å². The highest BCUT2D eigenvalue weighted by Gasteiger charge is 2.20. The molecule has 0 spiro atoms. The lowest BCUT2D eigenvalue weighted by atomic mass is 10.2. The fourth-order valence-corrected chi connectivity index (χ4v) is 4.26. The van der Waals surface area contributed by atoms with Crippen LogP contribution in [-0.4, -0.2) is 23.0 Å². The third kappa shape index (κ3) is 3.17. The summed E-state index contributed by atoms with van der Waals surface area (Å²) in [6.45, 7) is 2.02. The fraction of sp³-hybridized carbons (Fsp3) is 0.211. The zero-order chi connectivity index (χ0) is 17.2. The number of anilines is 1. The van der Waals surface area contributed by atoms with Crippen LogP contribution >= 0.6 is 11.8 Å². The molecule has 1 aromatic heterocycles. The lowest BCUT2D eigenvalue weighted by Gasteiger charge is -2.18. The average Bonchev–Trinajstić information content (AvgIpc) is 3.16. The molecule has 0 aliphatic carbocycles. The van der Waals surface area contributed by atoms with Crippen molar-refractivity contribution in [3.63, 3.8) is 0 Å². The van der Waals surface area contributed by atoms with Gasteiger partial charge in [0, 0.05) is 41.3 Å². The SMILES string of the molecule is O=[N+]([O-])c1ccc(N2CCCC2)cc1Sc1cccc2cccnc12. The Morgan fingerprint density at radius 3 is 2.64 bits per heavy atom. The van der Waals surface area contributed by atoms with Crippen molar-refractivity contribution in [1.29, 1.82) is 0 Å². The second-order valence-electron chi connectivity index (χ2n) is 6.04. The van der Waals surface area contributed by atoms with Crippen LogP contribution < -0.4 is 4.90 Å². The molecule has 1 fully saturated rings. The van der Waals surface area contributed by atoms with Gasteiger partial charge in [-0.2, -0.15) is 0 Å². The number of nitro benzene ring substituents is 1. The quantitative estimate of drug-likeness (QED) is 0.494. The van der Waals surface area contributed by atoms with E-state index in [9.17, 15) is 10.1 Å². The molecule has 0 radical (unpaired) electrons. The molecule has 0 atom stereocenters. The van der Waals surface area contributed by atoms with Gasteiger partial charge in [-0.15, -0.1) is 0 Å². The van der Waals surface area contributed by atoms with E-state index < -0.39 is 0 Å². The summed E-state index contributed by atoms with van der Waals surface area (Å²) < 4.78 is 0. The monoisotopic (exact) mass is 351 g/mol. The van der Waals surface area contributed by atoms with Gasteiger partial charge in [-0.1, -0.05) is 30.0 Å². The van der Waals surface area contributed by atoms with Crippen LogP contribution in [0.4, 0.5) is 11.4 Å². The number of para-hydroxylation sites is 1. The minimum Gasteiger partial charge on any atom is -0.371 e. The van der Waals surface area contributed by atoms with E-state index in [0.29, 0.717) is 4.90 Å². The van der Waals surface area contributed by atoms with Crippen molar-refractivity contribution in [2.45, 2.75) is 22.6 Å². The van der Waals surface area contributed by atoms with Gasteiger partial charge < -0.3 is 4.90 Å². The molecule has 0 amide bonds. The molecule has 6 heteroatoms. The zero-order valence-corrected chi connectivity index (χ0v) is 14.4. The van der Waals surface area contributed by atoms with Crippen molar-refractivity contribution in [3.8, 4) is 0 Å². The number of benzene rings is 2. The molecule has 1 aliphatic heterocycles. The molecule has 4 rings (SSSR count). The lowest BCUT2D eigenvalue weighted by molar-refractivity contribution is -0.387. The molecule has 126 valence electrons. The molecule has 0 N–H and O–H groups in total. The Hall–Kier alpha value is -2.60. The van der Waals surface area contributed by atoms with Crippen molar-refractivity contribution in [2.24, 2.45) is 0 Å². The van der Waals surface area contributed by atoms with Gasteiger partial charge in [0.1, 0.15) is 0 Å². The third-order valence-electron chi connectivity index (χ3n) is 4.43. The summed E-state index contributed by atoms with van der Waals surface area (Å²) in [5.74, 6) is 0. The molecule has 0 bridgehead atoms. The third-order valence-corrected chi connectivity index (χ3v) is 5.52. The molecule has 3 aromatic rings. The highest BCUT2D eigenvalue weighted by Crippen LogP contribution is 2.40. The number of pyridine rings is 1. The van der Waals surface area contributed by atoms with E-state index in [-0.39, 0.29) is 10.6 Å². The molecular formula is C19H17N3O2S. The number of hydrogen-bond acceptors (Lipinski definition) is 5. The Labute approximate surface area is 149 Å². The van der Waals surface area contributed by atoms with E-state index in [1.165, 1.54) is 24.6 Å². The van der Waals surface area contributed by atoms with Crippen LogP contribution in [0.1, 0.15) is 12.8 Å². The van der Waals surface area contributed by atoms with Crippen LogP contribution in [0.25, 0.3) is 10.9 Å². The molecule has 25 heavy (non-hydrogen) atoms. The summed E-state index contributed by atoms with van der Waals surface area (Å²) in [5.41, 5.74) is 2.07. The fourth-order valence-electron chi connectivity index (χ4n) is 3.18. The zero-order valence-electron chi connectivity index (χ0n) is 13.6. The van der Waals surface area contributed by atoms with Gasteiger partial charge in [0.2, 0.25) is 0 Å². The second kappa shape index (κ2) is 6.72. The van der Waals surface area contributed by atoms with Crippen molar-refractivity contribution in [3.05, 3.63) is 64.8 Å². The van der Waals surface area contributed by atoms with Crippen molar-refractivity contribution < 1.29 is 4.92 Å². The molecule has 5 nitrogen and oxygen atoms in total. The normalized spacial score (nSPS) is 14.2. The first kappa shape index (κ1) is 15.9. The smallest absolute Gasteiger partial charge is 0.283 e. The van der Waals surface area contributed by atoms with Gasteiger partial charge in [0.15, 0.2) is 0 Å². The van der Waals surface area contributed by atoms with Crippen molar-refractivity contribution in [1.82, 2.24) is 4.98 Å². The number of nitro groups is 1. The van der Waals surface area contributed by atoms with Crippen LogP contribution in [0.15, 0.2) is 64.5 Å². The first-order valence-corrected chi connectivity index (χ1v) is 9.09. The van der Waals surface area contributed by atoms with E-state index in [1.54, 1.807) is 12.3 Å². The van der Waals surface area contributed by atoms with Gasteiger partial charge in [0.25, 0.3) is 5.69 Å². The molecule has 0 saturated carbocycles. The number of aromatic nitrogens is 1. The summed E-state index contributed by atoms with van der Waals surface area (Å²) >= 11 is 1.41. The number of nitrogens with zero attached hydrogens (tertiary/aromatic N) is 3. The Balaban J connectivity index is 1.77. The first-order valence-electron chi connectivity index (χ1n) is 8.27. The minimum atomic E-state index is -0.311. The number of hydrogen-bond donors (Lipinski definition) is 0. The average molecular weight is 351 g/mol. The highest BCUT2D eigenvalue weighted by molar-refractivity contribution is 7.99. The van der Waals surface area contributed by atoms with E-state index in [0.717, 1.165) is 34.6 Å². The predicted molar refractivity (Wildman–Crippen MR) is 100 cm³/mol. The van der Waals surface area contributed by atoms with Crippen LogP contribution in [0.5, 0.6) is 0 Å². The lowest BCUT2D eigenvalue weighted by Crippen LogP contribution is -2.17. The highest BCUT2D eigenvalue weighted by atomic mass is 32.2. The number of rotatable bonds is 4. The van der Waals surface area contributed by atoms with Gasteiger partial charge in [-0.25, -0.2) is 0 Å². The molecular weight excluding hydrogens is 334 g/mol. The van der Waals surface area contributed by atoms with Gasteiger partial charge in [-0.3, -0.25) is 15.1 Å². The standard InChI is InChI=1S/C19H17N3O2S/c23-22(24)16-9-8-15(21-11-1-2-12-21)13-18(16)25-17-7-3-5-14-6-4-10-20-19(14)17/h3-10,13H,1-2,11-12H2. The second-order valence-corrected chi connectivity index (χ2v) is 7.12. The molecule has 2 heterocycles. The summed E-state index contributed by atoms with van der Waals surface area (Å²) in [6, 6.07) is 15.2. The Morgan fingerprint density at radius 2 is 1.84 bits per heavy atom. The summed E-state index contributed by atoms with van der Waals surface area (Å²) in [4.78, 5) is 19.5. The summed E-state index contributed by atoms with van der Waals surface area (Å²) in [5, 5.41) is 12.5. The maximum Gasteiger partial charge on any atom is 0.283 e. The number of fused-ring (bicyclic) bond motifs is 1. The van der Waals surface area contributed by atoms with Crippen molar-refractivity contribution >= 4 is 34.0 Å². The summed E-state index contributed by atoms with van der Waals surface area (Å²) in [6.07, 6.45) is 4.10. The van der Waals surface area contributed by atoms with Crippen LogP contribution in [0.3, 0.4) is 0 Å². The van der Waals surface area contributed by atoms with Crippen LogP contribution in [-0.2, 0) is 0 Å².